The average molecular weight is 342 g/mol. The third kappa shape index (κ3) is 4.19. The van der Waals surface area contributed by atoms with E-state index in [0.29, 0.717) is 5.49 Å². The first-order valence-electron chi connectivity index (χ1n) is 8.29. The van der Waals surface area contributed by atoms with E-state index in [1.807, 2.05) is 60.7 Å². The molecule has 0 radical (unpaired) electrons. The summed E-state index contributed by atoms with van der Waals surface area (Å²) in [7, 11) is -2.57. The third-order valence-electron chi connectivity index (χ3n) is 4.35. The fourth-order valence-corrected chi connectivity index (χ4v) is 7.43. The van der Waals surface area contributed by atoms with E-state index >= 15 is 0 Å². The molecule has 1 aliphatic carbocycles. The molecule has 0 N–H and O–H groups in total. The molecule has 0 amide bonds. The van der Waals surface area contributed by atoms with Gasteiger partial charge >= 0.3 is 0 Å². The fraction of sp³-hybridized carbons (Fsp3) is 0.300. The van der Waals surface area contributed by atoms with Gasteiger partial charge in [-0.3, -0.25) is 0 Å². The minimum Gasteiger partial charge on any atom is -0.313 e. The van der Waals surface area contributed by atoms with Crippen LogP contribution in [0.4, 0.5) is 0 Å². The molecule has 120 valence electrons. The van der Waals surface area contributed by atoms with Crippen molar-refractivity contribution in [3.63, 3.8) is 0 Å². The Morgan fingerprint density at radius 1 is 0.826 bits per heavy atom. The first-order chi connectivity index (χ1) is 11.3. The van der Waals surface area contributed by atoms with Crippen LogP contribution in [0.1, 0.15) is 32.1 Å². The van der Waals surface area contributed by atoms with Gasteiger partial charge in [-0.25, -0.2) is 0 Å². The van der Waals surface area contributed by atoms with Gasteiger partial charge in [0.2, 0.25) is 0 Å². The van der Waals surface area contributed by atoms with Gasteiger partial charge in [0.05, 0.1) is 5.49 Å². The van der Waals surface area contributed by atoms with Crippen LogP contribution < -0.4 is 10.6 Å². The van der Waals surface area contributed by atoms with E-state index in [1.165, 1.54) is 37.7 Å². The van der Waals surface area contributed by atoms with E-state index in [4.69, 9.17) is 0 Å². The van der Waals surface area contributed by atoms with Crippen molar-refractivity contribution in [2.24, 2.45) is 0 Å². The Morgan fingerprint density at radius 3 is 1.87 bits per heavy atom. The van der Waals surface area contributed by atoms with Crippen LogP contribution in [-0.4, -0.2) is 5.49 Å². The summed E-state index contributed by atoms with van der Waals surface area (Å²) >= 11 is 1.73. The molecule has 3 rings (SSSR count). The van der Waals surface area contributed by atoms with Gasteiger partial charge in [-0.1, -0.05) is 72.7 Å². The molecule has 2 aromatic carbocycles. The van der Waals surface area contributed by atoms with Crippen LogP contribution in [0.5, 0.6) is 0 Å². The third-order valence-corrected chi connectivity index (χ3v) is 9.16. The highest BCUT2D eigenvalue weighted by atomic mass is 32.2. The largest absolute Gasteiger partial charge is 0.313 e. The van der Waals surface area contributed by atoms with Crippen molar-refractivity contribution in [1.29, 1.82) is 0 Å². The maximum Gasteiger partial charge on any atom is 0.152 e. The molecule has 0 heterocycles. The van der Waals surface area contributed by atoms with Crippen molar-refractivity contribution in [1.82, 2.24) is 0 Å². The predicted octanol–water partition coefficient (Wildman–Crippen LogP) is 5.54. The lowest BCUT2D eigenvalue weighted by atomic mass is 9.96. The predicted molar refractivity (Wildman–Crippen MR) is 103 cm³/mol. The van der Waals surface area contributed by atoms with Crippen molar-refractivity contribution < 1.29 is 4.57 Å². The lowest BCUT2D eigenvalue weighted by Crippen LogP contribution is -2.17. The molecule has 1 fully saturated rings. The summed E-state index contributed by atoms with van der Waals surface area (Å²) in [5, 5.41) is 4.19. The lowest BCUT2D eigenvalue weighted by molar-refractivity contribution is 0.590. The second-order valence-electron chi connectivity index (χ2n) is 6.04. The molecule has 0 spiro atoms. The summed E-state index contributed by atoms with van der Waals surface area (Å²) in [5.74, 6) is 0. The summed E-state index contributed by atoms with van der Waals surface area (Å²) < 4.78 is 13.8. The summed E-state index contributed by atoms with van der Waals surface area (Å²) in [6.07, 6.45) is 6.40. The Kier molecular flexibility index (Phi) is 5.80. The summed E-state index contributed by atoms with van der Waals surface area (Å²) in [6, 6.07) is 19.9. The number of hydrogen-bond donors (Lipinski definition) is 0. The molecule has 0 aromatic heterocycles. The van der Waals surface area contributed by atoms with Crippen LogP contribution in [0, 0.1) is 0 Å². The normalized spacial score (nSPS) is 15.4. The Labute approximate surface area is 143 Å². The van der Waals surface area contributed by atoms with Gasteiger partial charge in [0.15, 0.2) is 7.14 Å². The maximum absolute atomic E-state index is 13.8. The lowest BCUT2D eigenvalue weighted by Gasteiger charge is -2.19. The summed E-state index contributed by atoms with van der Waals surface area (Å²) in [4.78, 5) is 0. The fourth-order valence-electron chi connectivity index (χ4n) is 3.02. The SMILES string of the molecule is O=P(CSC=C1CCCCC1)(c1ccccc1)c1ccccc1. The first kappa shape index (κ1) is 16.6. The van der Waals surface area contributed by atoms with E-state index in [-0.39, 0.29) is 0 Å². The smallest absolute Gasteiger partial charge is 0.152 e. The van der Waals surface area contributed by atoms with Crippen molar-refractivity contribution in [2.75, 3.05) is 5.49 Å². The van der Waals surface area contributed by atoms with E-state index in [2.05, 4.69) is 5.41 Å². The van der Waals surface area contributed by atoms with Crippen molar-refractivity contribution in [3.05, 3.63) is 71.6 Å². The van der Waals surface area contributed by atoms with Gasteiger partial charge in [-0.2, -0.15) is 0 Å². The number of rotatable bonds is 5. The van der Waals surface area contributed by atoms with E-state index < -0.39 is 7.14 Å². The molecule has 1 nitrogen and oxygen atoms in total. The minimum atomic E-state index is -2.57. The molecular formula is C20H23OPS. The zero-order valence-electron chi connectivity index (χ0n) is 13.4. The highest BCUT2D eigenvalue weighted by Gasteiger charge is 2.26. The molecule has 0 aliphatic heterocycles. The minimum absolute atomic E-state index is 0.643. The van der Waals surface area contributed by atoms with Crippen LogP contribution >= 0.6 is 18.9 Å². The van der Waals surface area contributed by atoms with E-state index in [9.17, 15) is 4.57 Å². The molecule has 0 unspecified atom stereocenters. The van der Waals surface area contributed by atoms with Gasteiger partial charge in [-0.05, 0) is 31.1 Å². The Bertz CT molecular complexity index is 643. The van der Waals surface area contributed by atoms with E-state index in [0.717, 1.165) is 10.6 Å². The van der Waals surface area contributed by atoms with Crippen LogP contribution in [0.2, 0.25) is 0 Å². The number of hydrogen-bond acceptors (Lipinski definition) is 2. The molecule has 23 heavy (non-hydrogen) atoms. The zero-order valence-corrected chi connectivity index (χ0v) is 15.1. The number of allylic oxidation sites excluding steroid dienone is 1. The monoisotopic (exact) mass is 342 g/mol. The van der Waals surface area contributed by atoms with Gasteiger partial charge in [-0.15, -0.1) is 11.8 Å². The second kappa shape index (κ2) is 8.04. The van der Waals surface area contributed by atoms with Gasteiger partial charge < -0.3 is 4.57 Å². The molecule has 3 heteroatoms. The van der Waals surface area contributed by atoms with Crippen LogP contribution in [0.25, 0.3) is 0 Å². The van der Waals surface area contributed by atoms with Crippen molar-refractivity contribution >= 4 is 29.5 Å². The molecule has 0 atom stereocenters. The Morgan fingerprint density at radius 2 is 1.35 bits per heavy atom. The second-order valence-corrected chi connectivity index (χ2v) is 10.2. The Hall–Kier alpha value is -1.24. The van der Waals surface area contributed by atoms with E-state index in [1.54, 1.807) is 11.8 Å². The average Bonchev–Trinajstić information content (AvgIpc) is 2.64. The molecule has 2 aromatic rings. The molecule has 1 saturated carbocycles. The van der Waals surface area contributed by atoms with Crippen LogP contribution in [-0.2, 0) is 4.57 Å². The van der Waals surface area contributed by atoms with Gasteiger partial charge in [0, 0.05) is 10.6 Å². The maximum atomic E-state index is 13.8. The first-order valence-corrected chi connectivity index (χ1v) is 11.2. The quantitative estimate of drug-likeness (QED) is 0.664. The van der Waals surface area contributed by atoms with Gasteiger partial charge in [0.25, 0.3) is 0 Å². The van der Waals surface area contributed by atoms with Crippen LogP contribution in [0.15, 0.2) is 71.6 Å². The van der Waals surface area contributed by atoms with Crippen molar-refractivity contribution in [2.45, 2.75) is 32.1 Å². The topological polar surface area (TPSA) is 17.1 Å². The molecule has 1 aliphatic rings. The van der Waals surface area contributed by atoms with Gasteiger partial charge in [0.1, 0.15) is 0 Å². The zero-order chi connectivity index (χ0) is 16.0. The van der Waals surface area contributed by atoms with Crippen molar-refractivity contribution in [3.8, 4) is 0 Å². The Balaban J connectivity index is 1.83. The molecule has 0 saturated heterocycles. The standard InChI is InChI=1S/C20H23OPS/c21-22(19-12-6-2-7-13-19,20-14-8-3-9-15-20)17-23-16-18-10-4-1-5-11-18/h2-3,6-9,12-16H,1,4-5,10-11,17H2. The highest BCUT2D eigenvalue weighted by Crippen LogP contribution is 2.47. The number of thioether (sulfide) groups is 1. The number of benzene rings is 2. The highest BCUT2D eigenvalue weighted by molar-refractivity contribution is 8.10. The molecular weight excluding hydrogens is 319 g/mol. The van der Waals surface area contributed by atoms with Crippen LogP contribution in [0.3, 0.4) is 0 Å². The summed E-state index contributed by atoms with van der Waals surface area (Å²) in [6.45, 7) is 0. The summed E-state index contributed by atoms with van der Waals surface area (Å²) in [5.41, 5.74) is 2.18. The molecule has 0 bridgehead atoms.